The molecule has 0 atom stereocenters. The van der Waals surface area contributed by atoms with Gasteiger partial charge < -0.3 is 14.8 Å². The minimum absolute atomic E-state index is 0.760. The van der Waals surface area contributed by atoms with E-state index in [1.165, 1.54) is 11.1 Å². The number of para-hydroxylation sites is 1. The summed E-state index contributed by atoms with van der Waals surface area (Å²) in [4.78, 5) is 0. The number of nitrogens with one attached hydrogen (secondary N) is 1. The van der Waals surface area contributed by atoms with Crippen LogP contribution < -0.4 is 14.8 Å². The molecule has 0 fully saturated rings. The van der Waals surface area contributed by atoms with Crippen LogP contribution in [0.3, 0.4) is 0 Å². The maximum absolute atomic E-state index is 5.42. The molecule has 0 radical (unpaired) electrons. The molecule has 3 nitrogen and oxygen atoms in total. The maximum atomic E-state index is 5.42. The van der Waals surface area contributed by atoms with Crippen molar-refractivity contribution >= 4 is 11.3 Å². The molecular formula is C15H19NO2S. The molecule has 0 amide bonds. The van der Waals surface area contributed by atoms with E-state index in [2.05, 4.69) is 29.1 Å². The largest absolute Gasteiger partial charge is 0.493 e. The summed E-state index contributed by atoms with van der Waals surface area (Å²) in [6.07, 6.45) is 0. The van der Waals surface area contributed by atoms with Crippen LogP contribution in [0.4, 0.5) is 0 Å². The normalized spacial score (nSPS) is 10.5. The SMILES string of the molecule is COc1cccc(CNCc2cscc2C)c1OC. The zero-order valence-electron chi connectivity index (χ0n) is 11.5. The van der Waals surface area contributed by atoms with Gasteiger partial charge in [-0.2, -0.15) is 11.3 Å². The first-order chi connectivity index (χ1) is 9.26. The third-order valence-electron chi connectivity index (χ3n) is 3.08. The van der Waals surface area contributed by atoms with Gasteiger partial charge in [0.15, 0.2) is 11.5 Å². The third kappa shape index (κ3) is 3.28. The van der Waals surface area contributed by atoms with Crippen LogP contribution in [0.5, 0.6) is 11.5 Å². The van der Waals surface area contributed by atoms with E-state index in [9.17, 15) is 0 Å². The first-order valence-electron chi connectivity index (χ1n) is 6.18. The molecule has 0 aliphatic heterocycles. The number of rotatable bonds is 6. The van der Waals surface area contributed by atoms with Crippen LogP contribution in [0.2, 0.25) is 0 Å². The number of methoxy groups -OCH3 is 2. The Morgan fingerprint density at radius 3 is 2.47 bits per heavy atom. The summed E-state index contributed by atoms with van der Waals surface area (Å²) < 4.78 is 10.7. The van der Waals surface area contributed by atoms with Gasteiger partial charge in [-0.05, 0) is 34.9 Å². The fourth-order valence-corrected chi connectivity index (χ4v) is 2.85. The molecule has 0 aliphatic carbocycles. The molecule has 4 heteroatoms. The van der Waals surface area contributed by atoms with Crippen LogP contribution in [0.15, 0.2) is 29.0 Å². The summed E-state index contributed by atoms with van der Waals surface area (Å²) in [5, 5.41) is 7.80. The fourth-order valence-electron chi connectivity index (χ4n) is 1.99. The molecule has 0 aliphatic rings. The molecule has 102 valence electrons. The molecule has 0 spiro atoms. The van der Waals surface area contributed by atoms with Gasteiger partial charge in [0.05, 0.1) is 14.2 Å². The van der Waals surface area contributed by atoms with E-state index in [4.69, 9.17) is 9.47 Å². The van der Waals surface area contributed by atoms with Crippen LogP contribution >= 0.6 is 11.3 Å². The molecular weight excluding hydrogens is 258 g/mol. The Morgan fingerprint density at radius 1 is 1.05 bits per heavy atom. The number of hydrogen-bond donors (Lipinski definition) is 1. The van der Waals surface area contributed by atoms with Crippen molar-refractivity contribution in [3.63, 3.8) is 0 Å². The first kappa shape index (κ1) is 13.9. The molecule has 19 heavy (non-hydrogen) atoms. The number of aryl methyl sites for hydroxylation is 1. The zero-order valence-corrected chi connectivity index (χ0v) is 12.3. The van der Waals surface area contributed by atoms with E-state index < -0.39 is 0 Å². The van der Waals surface area contributed by atoms with E-state index in [1.54, 1.807) is 25.6 Å². The highest BCUT2D eigenvalue weighted by molar-refractivity contribution is 7.08. The van der Waals surface area contributed by atoms with E-state index >= 15 is 0 Å². The van der Waals surface area contributed by atoms with Crippen LogP contribution in [-0.4, -0.2) is 14.2 Å². The van der Waals surface area contributed by atoms with Gasteiger partial charge in [-0.1, -0.05) is 12.1 Å². The van der Waals surface area contributed by atoms with Crippen molar-refractivity contribution in [3.8, 4) is 11.5 Å². The topological polar surface area (TPSA) is 30.5 Å². The van der Waals surface area contributed by atoms with Crippen molar-refractivity contribution in [3.05, 3.63) is 45.6 Å². The Balaban J connectivity index is 2.01. The number of hydrogen-bond acceptors (Lipinski definition) is 4. The molecule has 1 aromatic heterocycles. The monoisotopic (exact) mass is 277 g/mol. The Kier molecular flexibility index (Phi) is 4.82. The van der Waals surface area contributed by atoms with Crippen molar-refractivity contribution in [1.29, 1.82) is 0 Å². The van der Waals surface area contributed by atoms with Crippen LogP contribution in [0.25, 0.3) is 0 Å². The van der Waals surface area contributed by atoms with Crippen molar-refractivity contribution in [2.24, 2.45) is 0 Å². The molecule has 2 aromatic rings. The van der Waals surface area contributed by atoms with Gasteiger partial charge in [0.25, 0.3) is 0 Å². The minimum Gasteiger partial charge on any atom is -0.493 e. The average molecular weight is 277 g/mol. The van der Waals surface area contributed by atoms with Crippen LogP contribution in [-0.2, 0) is 13.1 Å². The molecule has 1 aromatic carbocycles. The Bertz CT molecular complexity index is 537. The van der Waals surface area contributed by atoms with Gasteiger partial charge in [-0.15, -0.1) is 0 Å². The molecule has 1 N–H and O–H groups in total. The van der Waals surface area contributed by atoms with Gasteiger partial charge in [0.2, 0.25) is 0 Å². The summed E-state index contributed by atoms with van der Waals surface area (Å²) in [5.74, 6) is 1.58. The van der Waals surface area contributed by atoms with E-state index in [0.29, 0.717) is 0 Å². The number of thiophene rings is 1. The second-order valence-corrected chi connectivity index (χ2v) is 5.08. The average Bonchev–Trinajstić information content (AvgIpc) is 2.84. The number of ether oxygens (including phenoxy) is 2. The standard InChI is InChI=1S/C15H19NO2S/c1-11-9-19-10-13(11)8-16-7-12-5-4-6-14(17-2)15(12)18-3/h4-6,9-10,16H,7-8H2,1-3H3. The molecule has 0 unspecified atom stereocenters. The van der Waals surface area contributed by atoms with E-state index in [0.717, 1.165) is 30.2 Å². The predicted molar refractivity (Wildman–Crippen MR) is 79.1 cm³/mol. The highest BCUT2D eigenvalue weighted by Crippen LogP contribution is 2.30. The maximum Gasteiger partial charge on any atom is 0.165 e. The zero-order chi connectivity index (χ0) is 13.7. The predicted octanol–water partition coefficient (Wildman–Crippen LogP) is 3.36. The molecule has 2 rings (SSSR count). The van der Waals surface area contributed by atoms with Gasteiger partial charge in [0.1, 0.15) is 0 Å². The first-order valence-corrected chi connectivity index (χ1v) is 7.12. The van der Waals surface area contributed by atoms with Gasteiger partial charge in [-0.3, -0.25) is 0 Å². The van der Waals surface area contributed by atoms with Crippen molar-refractivity contribution in [2.75, 3.05) is 14.2 Å². The second-order valence-electron chi connectivity index (χ2n) is 4.34. The Labute approximate surface area is 118 Å². The Hall–Kier alpha value is -1.52. The fraction of sp³-hybridized carbons (Fsp3) is 0.333. The van der Waals surface area contributed by atoms with Gasteiger partial charge >= 0.3 is 0 Å². The van der Waals surface area contributed by atoms with Crippen molar-refractivity contribution < 1.29 is 9.47 Å². The lowest BCUT2D eigenvalue weighted by atomic mass is 10.1. The summed E-state index contributed by atoms with van der Waals surface area (Å²) in [6.45, 7) is 3.77. The van der Waals surface area contributed by atoms with E-state index in [-0.39, 0.29) is 0 Å². The molecule has 0 saturated carbocycles. The van der Waals surface area contributed by atoms with Crippen LogP contribution in [0.1, 0.15) is 16.7 Å². The quantitative estimate of drug-likeness (QED) is 0.878. The third-order valence-corrected chi connectivity index (χ3v) is 3.99. The lowest BCUT2D eigenvalue weighted by molar-refractivity contribution is 0.350. The lowest BCUT2D eigenvalue weighted by Crippen LogP contribution is -2.13. The van der Waals surface area contributed by atoms with Crippen molar-refractivity contribution in [2.45, 2.75) is 20.0 Å². The van der Waals surface area contributed by atoms with Crippen LogP contribution in [0, 0.1) is 6.92 Å². The summed E-state index contributed by atoms with van der Waals surface area (Å²) >= 11 is 1.74. The number of benzene rings is 1. The van der Waals surface area contributed by atoms with E-state index in [1.807, 2.05) is 12.1 Å². The molecule has 0 saturated heterocycles. The molecule has 1 heterocycles. The summed E-state index contributed by atoms with van der Waals surface area (Å²) in [5.41, 5.74) is 3.80. The lowest BCUT2D eigenvalue weighted by Gasteiger charge is -2.13. The molecule has 0 bridgehead atoms. The summed E-state index contributed by atoms with van der Waals surface area (Å²) in [7, 11) is 3.33. The highest BCUT2D eigenvalue weighted by atomic mass is 32.1. The smallest absolute Gasteiger partial charge is 0.165 e. The minimum atomic E-state index is 0.760. The van der Waals surface area contributed by atoms with Crippen molar-refractivity contribution in [1.82, 2.24) is 5.32 Å². The summed E-state index contributed by atoms with van der Waals surface area (Å²) in [6, 6.07) is 5.94. The van der Waals surface area contributed by atoms with Gasteiger partial charge in [-0.25, -0.2) is 0 Å². The Morgan fingerprint density at radius 2 is 1.84 bits per heavy atom. The van der Waals surface area contributed by atoms with Gasteiger partial charge in [0, 0.05) is 18.7 Å². The highest BCUT2D eigenvalue weighted by Gasteiger charge is 2.09. The second kappa shape index (κ2) is 6.59.